The van der Waals surface area contributed by atoms with E-state index < -0.39 is 0 Å². The van der Waals surface area contributed by atoms with Crippen LogP contribution in [0.3, 0.4) is 0 Å². The Morgan fingerprint density at radius 3 is 2.45 bits per heavy atom. The van der Waals surface area contributed by atoms with Gasteiger partial charge in [-0.1, -0.05) is 37.3 Å². The molecule has 0 bridgehead atoms. The molecule has 0 heterocycles. The quantitative estimate of drug-likeness (QED) is 0.861. The minimum atomic E-state index is 0.454. The second-order valence-corrected chi connectivity index (χ2v) is 6.64. The molecule has 1 aromatic carbocycles. The molecule has 1 aliphatic carbocycles. The highest BCUT2D eigenvalue weighted by molar-refractivity contribution is 5.14. The summed E-state index contributed by atoms with van der Waals surface area (Å²) in [6.45, 7) is 3.60. The molecule has 20 heavy (non-hydrogen) atoms. The largest absolute Gasteiger partial charge is 0.328 e. The van der Waals surface area contributed by atoms with Crippen LogP contribution in [0.1, 0.15) is 44.6 Å². The number of nitrogens with zero attached hydrogens (tertiary/aromatic N) is 1. The molecule has 1 unspecified atom stereocenters. The summed E-state index contributed by atoms with van der Waals surface area (Å²) in [6.07, 6.45) is 7.44. The van der Waals surface area contributed by atoms with Crippen LogP contribution in [0.15, 0.2) is 30.3 Å². The molecule has 0 spiro atoms. The van der Waals surface area contributed by atoms with E-state index in [0.29, 0.717) is 6.04 Å². The molecule has 2 rings (SSSR count). The van der Waals surface area contributed by atoms with E-state index in [1.165, 1.54) is 50.6 Å². The van der Waals surface area contributed by atoms with Crippen molar-refractivity contribution in [2.24, 2.45) is 11.7 Å². The molecule has 0 amide bonds. The van der Waals surface area contributed by atoms with Crippen molar-refractivity contribution in [3.63, 3.8) is 0 Å². The summed E-state index contributed by atoms with van der Waals surface area (Å²) in [4.78, 5) is 2.57. The SMILES string of the molecule is CC(CCc1ccccc1)CN(C)C1CCC(N)CC1. The van der Waals surface area contributed by atoms with Crippen molar-refractivity contribution in [1.82, 2.24) is 4.90 Å². The molecular formula is C18H30N2. The first-order valence-electron chi connectivity index (χ1n) is 8.15. The van der Waals surface area contributed by atoms with Gasteiger partial charge in [-0.05, 0) is 57.1 Å². The first-order chi connectivity index (χ1) is 9.65. The average molecular weight is 274 g/mol. The van der Waals surface area contributed by atoms with Crippen LogP contribution in [0.2, 0.25) is 0 Å². The topological polar surface area (TPSA) is 29.3 Å². The van der Waals surface area contributed by atoms with Gasteiger partial charge < -0.3 is 10.6 Å². The molecule has 0 aliphatic heterocycles. The number of benzene rings is 1. The Labute approximate surface area is 124 Å². The predicted octanol–water partition coefficient (Wildman–Crippen LogP) is 3.46. The van der Waals surface area contributed by atoms with Crippen LogP contribution in [0, 0.1) is 5.92 Å². The van der Waals surface area contributed by atoms with Crippen LogP contribution >= 0.6 is 0 Å². The molecule has 1 aliphatic rings. The van der Waals surface area contributed by atoms with Crippen molar-refractivity contribution in [1.29, 1.82) is 0 Å². The molecule has 112 valence electrons. The number of hydrogen-bond donors (Lipinski definition) is 1. The Morgan fingerprint density at radius 1 is 1.15 bits per heavy atom. The van der Waals surface area contributed by atoms with Crippen LogP contribution < -0.4 is 5.73 Å². The smallest absolute Gasteiger partial charge is 0.00934 e. The lowest BCUT2D eigenvalue weighted by Gasteiger charge is -2.35. The van der Waals surface area contributed by atoms with E-state index in [1.807, 2.05) is 0 Å². The molecule has 1 saturated carbocycles. The van der Waals surface area contributed by atoms with Gasteiger partial charge in [-0.3, -0.25) is 0 Å². The molecular weight excluding hydrogens is 244 g/mol. The molecule has 2 N–H and O–H groups in total. The van der Waals surface area contributed by atoms with Gasteiger partial charge >= 0.3 is 0 Å². The maximum atomic E-state index is 5.99. The summed E-state index contributed by atoms with van der Waals surface area (Å²) in [7, 11) is 2.29. The Kier molecular flexibility index (Phi) is 6.06. The highest BCUT2D eigenvalue weighted by atomic mass is 15.1. The molecule has 1 fully saturated rings. The predicted molar refractivity (Wildman–Crippen MR) is 86.8 cm³/mol. The van der Waals surface area contributed by atoms with Gasteiger partial charge in [-0.15, -0.1) is 0 Å². The highest BCUT2D eigenvalue weighted by Gasteiger charge is 2.22. The standard InChI is InChI=1S/C18H30N2/c1-15(8-9-16-6-4-3-5-7-16)14-20(2)18-12-10-17(19)11-13-18/h3-7,15,17-18H,8-14,19H2,1-2H3. The Balaban J connectivity index is 1.69. The number of aryl methyl sites for hydroxylation is 1. The van der Waals surface area contributed by atoms with Crippen LogP contribution in [-0.4, -0.2) is 30.6 Å². The van der Waals surface area contributed by atoms with Crippen molar-refractivity contribution in [3.05, 3.63) is 35.9 Å². The zero-order valence-electron chi connectivity index (χ0n) is 13.1. The monoisotopic (exact) mass is 274 g/mol. The van der Waals surface area contributed by atoms with E-state index in [2.05, 4.69) is 49.2 Å². The average Bonchev–Trinajstić information content (AvgIpc) is 2.47. The van der Waals surface area contributed by atoms with Crippen molar-refractivity contribution in [2.45, 2.75) is 57.5 Å². The highest BCUT2D eigenvalue weighted by Crippen LogP contribution is 2.22. The van der Waals surface area contributed by atoms with Gasteiger partial charge in [0.05, 0.1) is 0 Å². The van der Waals surface area contributed by atoms with E-state index in [-0.39, 0.29) is 0 Å². The van der Waals surface area contributed by atoms with Crippen molar-refractivity contribution in [3.8, 4) is 0 Å². The lowest BCUT2D eigenvalue weighted by molar-refractivity contribution is 0.161. The normalized spacial score (nSPS) is 24.8. The van der Waals surface area contributed by atoms with Gasteiger partial charge in [0.1, 0.15) is 0 Å². The first-order valence-corrected chi connectivity index (χ1v) is 8.15. The fraction of sp³-hybridized carbons (Fsp3) is 0.667. The fourth-order valence-electron chi connectivity index (χ4n) is 3.33. The van der Waals surface area contributed by atoms with Crippen LogP contribution in [0.5, 0.6) is 0 Å². The van der Waals surface area contributed by atoms with Gasteiger partial charge in [-0.25, -0.2) is 0 Å². The van der Waals surface area contributed by atoms with E-state index >= 15 is 0 Å². The third-order valence-electron chi connectivity index (χ3n) is 4.73. The Morgan fingerprint density at radius 2 is 1.80 bits per heavy atom. The third-order valence-corrected chi connectivity index (χ3v) is 4.73. The van der Waals surface area contributed by atoms with Crippen molar-refractivity contribution >= 4 is 0 Å². The molecule has 1 aromatic rings. The number of rotatable bonds is 6. The van der Waals surface area contributed by atoms with Crippen LogP contribution in [0.4, 0.5) is 0 Å². The van der Waals surface area contributed by atoms with Gasteiger partial charge in [0.15, 0.2) is 0 Å². The maximum Gasteiger partial charge on any atom is 0.00934 e. The summed E-state index contributed by atoms with van der Waals surface area (Å²) in [5.41, 5.74) is 7.46. The minimum absolute atomic E-state index is 0.454. The van der Waals surface area contributed by atoms with Crippen molar-refractivity contribution in [2.75, 3.05) is 13.6 Å². The fourth-order valence-corrected chi connectivity index (χ4v) is 3.33. The van der Waals surface area contributed by atoms with E-state index in [1.54, 1.807) is 0 Å². The summed E-state index contributed by atoms with van der Waals surface area (Å²) in [5, 5.41) is 0. The summed E-state index contributed by atoms with van der Waals surface area (Å²) in [6, 6.07) is 12.0. The molecule has 2 heteroatoms. The number of hydrogen-bond acceptors (Lipinski definition) is 2. The molecule has 0 saturated heterocycles. The Hall–Kier alpha value is -0.860. The molecule has 0 aromatic heterocycles. The summed E-state index contributed by atoms with van der Waals surface area (Å²) < 4.78 is 0. The Bertz CT molecular complexity index is 368. The molecule has 2 nitrogen and oxygen atoms in total. The summed E-state index contributed by atoms with van der Waals surface area (Å²) in [5.74, 6) is 0.760. The van der Waals surface area contributed by atoms with Gasteiger partial charge in [-0.2, -0.15) is 0 Å². The van der Waals surface area contributed by atoms with Crippen molar-refractivity contribution < 1.29 is 0 Å². The first kappa shape index (κ1) is 15.5. The number of nitrogens with two attached hydrogens (primary N) is 1. The zero-order valence-corrected chi connectivity index (χ0v) is 13.1. The second-order valence-electron chi connectivity index (χ2n) is 6.64. The lowest BCUT2D eigenvalue weighted by Crippen LogP contribution is -2.40. The second kappa shape index (κ2) is 7.80. The third kappa shape index (κ3) is 4.92. The minimum Gasteiger partial charge on any atom is -0.328 e. The van der Waals surface area contributed by atoms with Gasteiger partial charge in [0, 0.05) is 18.6 Å². The van der Waals surface area contributed by atoms with Crippen LogP contribution in [-0.2, 0) is 6.42 Å². The van der Waals surface area contributed by atoms with Gasteiger partial charge in [0.2, 0.25) is 0 Å². The van der Waals surface area contributed by atoms with E-state index in [4.69, 9.17) is 5.73 Å². The maximum absolute atomic E-state index is 5.99. The van der Waals surface area contributed by atoms with E-state index in [0.717, 1.165) is 12.0 Å². The van der Waals surface area contributed by atoms with E-state index in [9.17, 15) is 0 Å². The molecule has 1 atom stereocenters. The summed E-state index contributed by atoms with van der Waals surface area (Å²) >= 11 is 0. The zero-order chi connectivity index (χ0) is 14.4. The van der Waals surface area contributed by atoms with Gasteiger partial charge in [0.25, 0.3) is 0 Å². The molecule has 0 radical (unpaired) electrons. The lowest BCUT2D eigenvalue weighted by atomic mass is 9.90. The van der Waals surface area contributed by atoms with Crippen LogP contribution in [0.25, 0.3) is 0 Å².